The molecule has 0 aliphatic carbocycles. The first kappa shape index (κ1) is 16.9. The van der Waals surface area contributed by atoms with E-state index in [2.05, 4.69) is 22.4 Å². The van der Waals surface area contributed by atoms with E-state index in [0.717, 1.165) is 17.1 Å². The second-order valence-electron chi connectivity index (χ2n) is 6.13. The van der Waals surface area contributed by atoms with E-state index in [0.29, 0.717) is 19.7 Å². The lowest BCUT2D eigenvalue weighted by Gasteiger charge is -2.33. The Morgan fingerprint density at radius 1 is 1.46 bits per heavy atom. The quantitative estimate of drug-likeness (QED) is 0.926. The number of hydrogen-bond donors (Lipinski definition) is 1. The van der Waals surface area contributed by atoms with Crippen molar-refractivity contribution in [3.05, 3.63) is 52.0 Å². The highest BCUT2D eigenvalue weighted by Crippen LogP contribution is 2.18. The Hall–Kier alpha value is -1.92. The molecule has 1 aromatic carbocycles. The first-order chi connectivity index (χ1) is 11.6. The molecule has 2 aromatic rings. The zero-order chi connectivity index (χ0) is 16.9. The molecule has 2 amide bonds. The van der Waals surface area contributed by atoms with E-state index in [1.807, 2.05) is 42.3 Å². The monoisotopic (exact) mass is 345 g/mol. The predicted molar refractivity (Wildman–Crippen MR) is 95.3 cm³/mol. The van der Waals surface area contributed by atoms with Gasteiger partial charge in [-0.15, -0.1) is 11.3 Å². The van der Waals surface area contributed by atoms with Crippen LogP contribution in [0.4, 0.5) is 4.79 Å². The molecule has 0 saturated carbocycles. The van der Waals surface area contributed by atoms with Gasteiger partial charge >= 0.3 is 6.03 Å². The molecule has 1 aliphatic heterocycles. The van der Waals surface area contributed by atoms with Crippen LogP contribution < -0.4 is 5.32 Å². The van der Waals surface area contributed by atoms with Crippen LogP contribution in [0.1, 0.15) is 29.2 Å². The van der Waals surface area contributed by atoms with Gasteiger partial charge in [-0.05, 0) is 19.4 Å². The van der Waals surface area contributed by atoms with E-state index < -0.39 is 0 Å². The van der Waals surface area contributed by atoms with E-state index in [4.69, 9.17) is 4.74 Å². The van der Waals surface area contributed by atoms with Crippen LogP contribution in [0.25, 0.3) is 0 Å². The number of amides is 2. The van der Waals surface area contributed by atoms with Crippen molar-refractivity contribution in [2.75, 3.05) is 19.7 Å². The second kappa shape index (κ2) is 7.77. The molecule has 128 valence electrons. The first-order valence-electron chi connectivity index (χ1n) is 8.25. The predicted octanol–water partition coefficient (Wildman–Crippen LogP) is 3.17. The van der Waals surface area contributed by atoms with Crippen LogP contribution in [0.3, 0.4) is 0 Å². The van der Waals surface area contributed by atoms with Gasteiger partial charge in [0.1, 0.15) is 5.01 Å². The van der Waals surface area contributed by atoms with Crippen molar-refractivity contribution < 1.29 is 9.53 Å². The number of ether oxygens (including phenoxy) is 1. The molecule has 1 fully saturated rings. The number of nitrogens with zero attached hydrogens (tertiary/aromatic N) is 2. The van der Waals surface area contributed by atoms with Crippen molar-refractivity contribution in [3.8, 4) is 0 Å². The number of morpholine rings is 1. The fourth-order valence-corrected chi connectivity index (χ4v) is 3.62. The number of nitrogens with one attached hydrogen (secondary N) is 1. The standard InChI is InChI=1S/C18H23N3O2S/c1-13-12-24-17(19-13)14(2)20-18(22)21-8-9-23-16(11-21)10-15-6-4-3-5-7-15/h3-7,12,14,16H,8-11H2,1-2H3,(H,20,22)/t14-,16-/m1/s1. The third kappa shape index (κ3) is 4.33. The molecular weight excluding hydrogens is 322 g/mol. The highest BCUT2D eigenvalue weighted by Gasteiger charge is 2.25. The molecule has 0 bridgehead atoms. The minimum absolute atomic E-state index is 0.0447. The molecular formula is C18H23N3O2S. The maximum atomic E-state index is 12.5. The number of carbonyl (C=O) groups is 1. The van der Waals surface area contributed by atoms with Crippen LogP contribution in [-0.4, -0.2) is 41.7 Å². The molecule has 2 atom stereocenters. The van der Waals surface area contributed by atoms with Gasteiger partial charge in [-0.2, -0.15) is 0 Å². The second-order valence-corrected chi connectivity index (χ2v) is 7.02. The van der Waals surface area contributed by atoms with E-state index in [9.17, 15) is 4.79 Å². The van der Waals surface area contributed by atoms with Crippen LogP contribution in [0.5, 0.6) is 0 Å². The third-order valence-electron chi connectivity index (χ3n) is 4.08. The van der Waals surface area contributed by atoms with Gasteiger partial charge in [-0.1, -0.05) is 30.3 Å². The maximum Gasteiger partial charge on any atom is 0.318 e. The van der Waals surface area contributed by atoms with Crippen LogP contribution in [-0.2, 0) is 11.2 Å². The van der Waals surface area contributed by atoms with Gasteiger partial charge in [0.2, 0.25) is 0 Å². The van der Waals surface area contributed by atoms with Crippen LogP contribution in [0.2, 0.25) is 0 Å². The minimum atomic E-state index is -0.0772. The summed E-state index contributed by atoms with van der Waals surface area (Å²) in [5.74, 6) is 0. The van der Waals surface area contributed by atoms with Crippen molar-refractivity contribution in [2.24, 2.45) is 0 Å². The lowest BCUT2D eigenvalue weighted by atomic mass is 10.1. The number of aryl methyl sites for hydroxylation is 1. The molecule has 0 spiro atoms. The molecule has 5 nitrogen and oxygen atoms in total. The molecule has 3 rings (SSSR count). The molecule has 6 heteroatoms. The molecule has 24 heavy (non-hydrogen) atoms. The van der Waals surface area contributed by atoms with Crippen molar-refractivity contribution in [1.29, 1.82) is 0 Å². The highest BCUT2D eigenvalue weighted by molar-refractivity contribution is 7.09. The average molecular weight is 345 g/mol. The highest BCUT2D eigenvalue weighted by atomic mass is 32.1. The summed E-state index contributed by atoms with van der Waals surface area (Å²) in [5.41, 5.74) is 2.22. The van der Waals surface area contributed by atoms with Crippen molar-refractivity contribution >= 4 is 17.4 Å². The minimum Gasteiger partial charge on any atom is -0.374 e. The normalized spacial score (nSPS) is 19.1. The van der Waals surface area contributed by atoms with E-state index in [1.165, 1.54) is 5.56 Å². The summed E-state index contributed by atoms with van der Waals surface area (Å²) in [5, 5.41) is 5.99. The fourth-order valence-electron chi connectivity index (χ4n) is 2.81. The number of hydrogen-bond acceptors (Lipinski definition) is 4. The zero-order valence-corrected chi connectivity index (χ0v) is 14.9. The molecule has 1 aromatic heterocycles. The van der Waals surface area contributed by atoms with Crippen LogP contribution in [0, 0.1) is 6.92 Å². The lowest BCUT2D eigenvalue weighted by molar-refractivity contribution is -0.0135. The third-order valence-corrected chi connectivity index (χ3v) is 5.22. The van der Waals surface area contributed by atoms with Crippen molar-refractivity contribution in [2.45, 2.75) is 32.4 Å². The number of thiazole rings is 1. The number of aromatic nitrogens is 1. The Balaban J connectivity index is 1.55. The van der Waals surface area contributed by atoms with Gasteiger partial charge in [0.25, 0.3) is 0 Å². The SMILES string of the molecule is Cc1csc([C@@H](C)NC(=O)N2CCO[C@H](Cc3ccccc3)C2)n1. The number of benzene rings is 1. The summed E-state index contributed by atoms with van der Waals surface area (Å²) >= 11 is 1.58. The van der Waals surface area contributed by atoms with Gasteiger partial charge in [0.15, 0.2) is 0 Å². The summed E-state index contributed by atoms with van der Waals surface area (Å²) in [4.78, 5) is 18.8. The van der Waals surface area contributed by atoms with E-state index in [1.54, 1.807) is 11.3 Å². The summed E-state index contributed by atoms with van der Waals surface area (Å²) in [6.07, 6.45) is 0.871. The molecule has 0 unspecified atom stereocenters. The number of urea groups is 1. The summed E-state index contributed by atoms with van der Waals surface area (Å²) in [6.45, 7) is 5.75. The van der Waals surface area contributed by atoms with Gasteiger partial charge < -0.3 is 15.0 Å². The summed E-state index contributed by atoms with van der Waals surface area (Å²) < 4.78 is 5.82. The van der Waals surface area contributed by atoms with Crippen LogP contribution in [0.15, 0.2) is 35.7 Å². The Morgan fingerprint density at radius 2 is 2.25 bits per heavy atom. The Bertz CT molecular complexity index is 674. The summed E-state index contributed by atoms with van der Waals surface area (Å²) in [7, 11) is 0. The van der Waals surface area contributed by atoms with Gasteiger partial charge in [0, 0.05) is 30.6 Å². The average Bonchev–Trinajstić information content (AvgIpc) is 3.03. The Kier molecular flexibility index (Phi) is 5.48. The zero-order valence-electron chi connectivity index (χ0n) is 14.1. The molecule has 0 radical (unpaired) electrons. The maximum absolute atomic E-state index is 12.5. The molecule has 2 heterocycles. The fraction of sp³-hybridized carbons (Fsp3) is 0.444. The molecule has 1 aliphatic rings. The topological polar surface area (TPSA) is 54.5 Å². The van der Waals surface area contributed by atoms with E-state index >= 15 is 0 Å². The lowest BCUT2D eigenvalue weighted by Crippen LogP contribution is -2.50. The number of rotatable bonds is 4. The van der Waals surface area contributed by atoms with Gasteiger partial charge in [-0.25, -0.2) is 9.78 Å². The summed E-state index contributed by atoms with van der Waals surface area (Å²) in [6, 6.07) is 10.1. The first-order valence-corrected chi connectivity index (χ1v) is 9.13. The van der Waals surface area contributed by atoms with Crippen molar-refractivity contribution in [1.82, 2.24) is 15.2 Å². The Labute approximate surface area is 146 Å². The van der Waals surface area contributed by atoms with Crippen LogP contribution >= 0.6 is 11.3 Å². The van der Waals surface area contributed by atoms with Gasteiger partial charge in [0.05, 0.1) is 18.8 Å². The largest absolute Gasteiger partial charge is 0.374 e. The van der Waals surface area contributed by atoms with E-state index in [-0.39, 0.29) is 18.2 Å². The smallest absolute Gasteiger partial charge is 0.318 e. The molecule has 1 N–H and O–H groups in total. The molecule has 1 saturated heterocycles. The van der Waals surface area contributed by atoms with Gasteiger partial charge in [-0.3, -0.25) is 0 Å². The van der Waals surface area contributed by atoms with Crippen molar-refractivity contribution in [3.63, 3.8) is 0 Å². The number of carbonyl (C=O) groups excluding carboxylic acids is 1. The Morgan fingerprint density at radius 3 is 2.96 bits per heavy atom.